The van der Waals surface area contributed by atoms with Gasteiger partial charge in [0.2, 0.25) is 10.0 Å². The Balaban J connectivity index is 2.08. The summed E-state index contributed by atoms with van der Waals surface area (Å²) in [7, 11) is -3.76. The number of nitrogens with zero attached hydrogens (tertiary/aromatic N) is 2. The quantitative estimate of drug-likeness (QED) is 0.624. The summed E-state index contributed by atoms with van der Waals surface area (Å²) < 4.78 is 26.6. The lowest BCUT2D eigenvalue weighted by molar-refractivity contribution is -0.384. The highest BCUT2D eigenvalue weighted by Crippen LogP contribution is 2.36. The first-order valence-corrected chi connectivity index (χ1v) is 9.20. The number of nitro groups is 1. The van der Waals surface area contributed by atoms with Crippen LogP contribution in [0.15, 0.2) is 10.3 Å². The first-order chi connectivity index (χ1) is 9.85. The van der Waals surface area contributed by atoms with Gasteiger partial charge in [-0.1, -0.05) is 18.5 Å². The molecule has 0 spiro atoms. The molecule has 21 heavy (non-hydrogen) atoms. The second kappa shape index (κ2) is 6.57. The minimum Gasteiger partial charge on any atom is -0.299 e. The molecule has 0 amide bonds. The van der Waals surface area contributed by atoms with Crippen LogP contribution in [0.25, 0.3) is 0 Å². The van der Waals surface area contributed by atoms with Gasteiger partial charge in [0.25, 0.3) is 5.69 Å². The molecule has 1 aromatic heterocycles. The Morgan fingerprint density at radius 3 is 2.90 bits per heavy atom. The molecule has 0 saturated carbocycles. The highest BCUT2D eigenvalue weighted by molar-refractivity contribution is 7.91. The minimum absolute atomic E-state index is 0.125. The zero-order valence-corrected chi connectivity index (χ0v) is 13.8. The van der Waals surface area contributed by atoms with E-state index < -0.39 is 14.9 Å². The highest BCUT2D eigenvalue weighted by Gasteiger charge is 2.28. The van der Waals surface area contributed by atoms with Crippen LogP contribution in [0.5, 0.6) is 0 Å². The number of likely N-dealkylation sites (tertiary alicyclic amines) is 1. The zero-order chi connectivity index (χ0) is 15.6. The zero-order valence-electron chi connectivity index (χ0n) is 11.4. The van der Waals surface area contributed by atoms with E-state index in [0.29, 0.717) is 17.9 Å². The second-order valence-electron chi connectivity index (χ2n) is 4.76. The van der Waals surface area contributed by atoms with Gasteiger partial charge in [-0.25, -0.2) is 13.1 Å². The van der Waals surface area contributed by atoms with Crippen LogP contribution in [0.3, 0.4) is 0 Å². The first-order valence-electron chi connectivity index (χ1n) is 6.52. The largest absolute Gasteiger partial charge is 0.300 e. The predicted octanol–water partition coefficient (Wildman–Crippen LogP) is 2.07. The number of halogens is 1. The Morgan fingerprint density at radius 1 is 1.62 bits per heavy atom. The average Bonchev–Trinajstić information content (AvgIpc) is 3.02. The van der Waals surface area contributed by atoms with Crippen molar-refractivity contribution in [2.45, 2.75) is 30.0 Å². The maximum Gasteiger partial charge on any atom is 0.300 e. The SMILES string of the molecule is CCN1CCCC1CNS(=O)(=O)c1cc([N+](=O)[O-])c(Cl)s1. The molecule has 0 bridgehead atoms. The molecule has 0 aromatic carbocycles. The third-order valence-corrected chi connectivity index (χ3v) is 6.76. The van der Waals surface area contributed by atoms with E-state index in [9.17, 15) is 18.5 Å². The molecule has 1 aliphatic rings. The van der Waals surface area contributed by atoms with Crippen LogP contribution in [0.2, 0.25) is 4.34 Å². The third kappa shape index (κ3) is 3.72. The van der Waals surface area contributed by atoms with Crippen LogP contribution in [0.4, 0.5) is 5.69 Å². The number of hydrogen-bond acceptors (Lipinski definition) is 6. The van der Waals surface area contributed by atoms with Crippen LogP contribution in [-0.4, -0.2) is 43.9 Å². The summed E-state index contributed by atoms with van der Waals surface area (Å²) in [4.78, 5) is 12.2. The minimum atomic E-state index is -3.76. The molecule has 1 aromatic rings. The lowest BCUT2D eigenvalue weighted by atomic mass is 10.2. The molecule has 2 heterocycles. The van der Waals surface area contributed by atoms with E-state index in [2.05, 4.69) is 9.62 Å². The molecule has 10 heteroatoms. The van der Waals surface area contributed by atoms with E-state index in [0.717, 1.165) is 32.0 Å². The van der Waals surface area contributed by atoms with Crippen LogP contribution < -0.4 is 4.72 Å². The predicted molar refractivity (Wildman–Crippen MR) is 81.4 cm³/mol. The number of thiophene rings is 1. The van der Waals surface area contributed by atoms with Gasteiger partial charge in [0.05, 0.1) is 4.92 Å². The Hall–Kier alpha value is -0.740. The summed E-state index contributed by atoms with van der Waals surface area (Å²) in [6.07, 6.45) is 2.00. The van der Waals surface area contributed by atoms with Crippen molar-refractivity contribution in [3.05, 3.63) is 20.5 Å². The molecular weight excluding hydrogens is 338 g/mol. The van der Waals surface area contributed by atoms with Gasteiger partial charge in [-0.05, 0) is 25.9 Å². The Kier molecular flexibility index (Phi) is 5.20. The smallest absolute Gasteiger partial charge is 0.299 e. The summed E-state index contributed by atoms with van der Waals surface area (Å²) >= 11 is 6.39. The van der Waals surface area contributed by atoms with Crippen LogP contribution in [0, 0.1) is 10.1 Å². The van der Waals surface area contributed by atoms with Crippen molar-refractivity contribution < 1.29 is 13.3 Å². The van der Waals surface area contributed by atoms with Crippen molar-refractivity contribution >= 4 is 38.6 Å². The van der Waals surface area contributed by atoms with Crippen molar-refractivity contribution in [1.29, 1.82) is 0 Å². The molecule has 1 atom stereocenters. The standard InChI is InChI=1S/C11H16ClN3O4S2/c1-2-14-5-3-4-8(14)7-13-21(18,19)10-6-9(15(16)17)11(12)20-10/h6,8,13H,2-5,7H2,1H3. The fourth-order valence-electron chi connectivity index (χ4n) is 2.41. The summed E-state index contributed by atoms with van der Waals surface area (Å²) in [5, 5.41) is 10.7. The molecule has 7 nitrogen and oxygen atoms in total. The summed E-state index contributed by atoms with van der Waals surface area (Å²) in [6, 6.07) is 1.18. The molecule has 1 N–H and O–H groups in total. The van der Waals surface area contributed by atoms with Gasteiger partial charge in [-0.15, -0.1) is 11.3 Å². The lowest BCUT2D eigenvalue weighted by Gasteiger charge is -2.22. The van der Waals surface area contributed by atoms with Crippen molar-refractivity contribution in [1.82, 2.24) is 9.62 Å². The van der Waals surface area contributed by atoms with Crippen LogP contribution in [0.1, 0.15) is 19.8 Å². The molecule has 118 valence electrons. The average molecular weight is 354 g/mol. The van der Waals surface area contributed by atoms with E-state index in [1.165, 1.54) is 0 Å². The van der Waals surface area contributed by atoms with E-state index in [4.69, 9.17) is 11.6 Å². The maximum absolute atomic E-state index is 12.2. The lowest BCUT2D eigenvalue weighted by Crippen LogP contribution is -2.39. The molecule has 1 unspecified atom stereocenters. The highest BCUT2D eigenvalue weighted by atomic mass is 35.5. The molecule has 2 rings (SSSR count). The summed E-state index contributed by atoms with van der Waals surface area (Å²) in [5.41, 5.74) is -0.377. The van der Waals surface area contributed by atoms with E-state index in [1.807, 2.05) is 6.92 Å². The Bertz CT molecular complexity index is 631. The van der Waals surface area contributed by atoms with Gasteiger partial charge in [0, 0.05) is 18.7 Å². The van der Waals surface area contributed by atoms with Gasteiger partial charge < -0.3 is 0 Å². The fourth-order valence-corrected chi connectivity index (χ4v) is 5.20. The molecule has 1 aliphatic heterocycles. The molecule has 1 saturated heterocycles. The van der Waals surface area contributed by atoms with Crippen molar-refractivity contribution in [2.75, 3.05) is 19.6 Å². The molecule has 0 aliphatic carbocycles. The molecule has 0 radical (unpaired) electrons. The van der Waals surface area contributed by atoms with Crippen LogP contribution >= 0.6 is 22.9 Å². The third-order valence-electron chi connectivity index (χ3n) is 3.52. The molecular formula is C11H16ClN3O4S2. The topological polar surface area (TPSA) is 92.6 Å². The van der Waals surface area contributed by atoms with Gasteiger partial charge in [0.1, 0.15) is 4.21 Å². The fraction of sp³-hybridized carbons (Fsp3) is 0.636. The van der Waals surface area contributed by atoms with Gasteiger partial charge in [-0.2, -0.15) is 0 Å². The molecule has 1 fully saturated rings. The number of likely N-dealkylation sites (N-methyl/N-ethyl adjacent to an activating group) is 1. The Labute approximate surface area is 132 Å². The second-order valence-corrected chi connectivity index (χ2v) is 8.41. The summed E-state index contributed by atoms with van der Waals surface area (Å²) in [6.45, 7) is 4.19. The summed E-state index contributed by atoms with van der Waals surface area (Å²) in [5.74, 6) is 0. The van der Waals surface area contributed by atoms with Gasteiger partial charge in [-0.3, -0.25) is 15.0 Å². The Morgan fingerprint density at radius 2 is 2.33 bits per heavy atom. The van der Waals surface area contributed by atoms with Crippen LogP contribution in [-0.2, 0) is 10.0 Å². The van der Waals surface area contributed by atoms with Crippen molar-refractivity contribution in [3.63, 3.8) is 0 Å². The van der Waals surface area contributed by atoms with E-state index in [-0.39, 0.29) is 20.3 Å². The normalized spacial score (nSPS) is 20.0. The van der Waals surface area contributed by atoms with E-state index in [1.54, 1.807) is 0 Å². The number of rotatable bonds is 6. The van der Waals surface area contributed by atoms with Crippen molar-refractivity contribution in [2.24, 2.45) is 0 Å². The number of hydrogen-bond donors (Lipinski definition) is 1. The first kappa shape index (κ1) is 16.6. The number of sulfonamides is 1. The maximum atomic E-state index is 12.2. The van der Waals surface area contributed by atoms with Gasteiger partial charge in [0.15, 0.2) is 4.34 Å². The van der Waals surface area contributed by atoms with Gasteiger partial charge >= 0.3 is 0 Å². The monoisotopic (exact) mass is 353 g/mol. The number of nitrogens with one attached hydrogen (secondary N) is 1. The van der Waals surface area contributed by atoms with E-state index >= 15 is 0 Å². The van der Waals surface area contributed by atoms with Crippen molar-refractivity contribution in [3.8, 4) is 0 Å².